The van der Waals surface area contributed by atoms with Crippen LogP contribution in [0.4, 0.5) is 0 Å². The summed E-state index contributed by atoms with van der Waals surface area (Å²) >= 11 is 3.42. The Morgan fingerprint density at radius 2 is 1.74 bits per heavy atom. The van der Waals surface area contributed by atoms with Gasteiger partial charge in [-0.1, -0.05) is 55.3 Å². The summed E-state index contributed by atoms with van der Waals surface area (Å²) in [4.78, 5) is 22.9. The summed E-state index contributed by atoms with van der Waals surface area (Å²) in [6, 6.07) is 20.0. The van der Waals surface area contributed by atoms with Crippen molar-refractivity contribution in [3.63, 3.8) is 0 Å². The smallest absolute Gasteiger partial charge is 0.254 e. The molecule has 5 nitrogen and oxygen atoms in total. The van der Waals surface area contributed by atoms with Gasteiger partial charge in [-0.3, -0.25) is 4.79 Å². The third-order valence-electron chi connectivity index (χ3n) is 5.62. The first-order chi connectivity index (χ1) is 16.5. The van der Waals surface area contributed by atoms with Crippen molar-refractivity contribution in [3.8, 4) is 16.9 Å². The molecule has 2 heterocycles. The van der Waals surface area contributed by atoms with Crippen molar-refractivity contribution in [2.24, 2.45) is 0 Å². The quantitative estimate of drug-likeness (QED) is 0.316. The number of aromatic nitrogens is 2. The molecule has 0 bridgehead atoms. The monoisotopic (exact) mass is 519 g/mol. The second-order valence-electron chi connectivity index (χ2n) is 8.38. The minimum absolute atomic E-state index is 0.0142. The highest BCUT2D eigenvalue weighted by molar-refractivity contribution is 9.10. The summed E-state index contributed by atoms with van der Waals surface area (Å²) in [7, 11) is 0. The molecule has 0 atom stereocenters. The van der Waals surface area contributed by atoms with Crippen LogP contribution in [0.3, 0.4) is 0 Å². The lowest BCUT2D eigenvalue weighted by atomic mass is 10.0. The topological polar surface area (TPSA) is 58.2 Å². The molecule has 6 heteroatoms. The van der Waals surface area contributed by atoms with Crippen LogP contribution in [0, 0.1) is 0 Å². The lowest BCUT2D eigenvalue weighted by Crippen LogP contribution is -2.32. The fourth-order valence-electron chi connectivity index (χ4n) is 3.93. The fourth-order valence-corrected chi connectivity index (χ4v) is 4.20. The molecular weight excluding hydrogens is 490 g/mol. The Bertz CT molecular complexity index is 1280. The van der Waals surface area contributed by atoms with Crippen molar-refractivity contribution < 1.29 is 9.53 Å². The number of hydrogen-bond donors (Lipinski definition) is 1. The largest absolute Gasteiger partial charge is 0.491 e. The van der Waals surface area contributed by atoms with Gasteiger partial charge < -0.3 is 14.6 Å². The molecule has 176 valence electrons. The van der Waals surface area contributed by atoms with Crippen LogP contribution in [0.5, 0.6) is 5.75 Å². The van der Waals surface area contributed by atoms with Gasteiger partial charge >= 0.3 is 0 Å². The van der Waals surface area contributed by atoms with E-state index in [9.17, 15) is 4.79 Å². The van der Waals surface area contributed by atoms with Crippen LogP contribution >= 0.6 is 15.9 Å². The van der Waals surface area contributed by atoms with Crippen LogP contribution in [0.25, 0.3) is 22.2 Å². The van der Waals surface area contributed by atoms with Gasteiger partial charge in [0, 0.05) is 28.6 Å². The van der Waals surface area contributed by atoms with Crippen LogP contribution in [-0.2, 0) is 13.0 Å². The minimum atomic E-state index is 0.0142. The normalized spacial score (nSPS) is 12.9. The zero-order chi connectivity index (χ0) is 24.1. The molecule has 1 aliphatic rings. The Kier molecular flexibility index (Phi) is 7.68. The number of nitrogens with one attached hydrogen (secondary N) is 1. The summed E-state index contributed by atoms with van der Waals surface area (Å²) in [5.41, 5.74) is 5.91. The molecule has 0 spiro atoms. The van der Waals surface area contributed by atoms with Crippen LogP contribution < -0.4 is 4.74 Å². The average molecular weight is 520 g/mol. The third kappa shape index (κ3) is 5.33. The third-order valence-corrected chi connectivity index (χ3v) is 6.15. The summed E-state index contributed by atoms with van der Waals surface area (Å²) in [5.74, 6) is 1.84. The molecule has 0 unspecified atom stereocenters. The Hall–Kier alpha value is -3.12. The van der Waals surface area contributed by atoms with E-state index in [-0.39, 0.29) is 5.91 Å². The summed E-state index contributed by atoms with van der Waals surface area (Å²) in [6.07, 6.45) is 2.13. The van der Waals surface area contributed by atoms with Crippen LogP contribution in [-0.4, -0.2) is 33.9 Å². The SMILES string of the molecule is CCC.CCc1nc2ccc(-c3ccc4c(c3)CN(C(=O)c3ccc(Br)cc3)CCO4)cc2[nH]1. The second-order valence-corrected chi connectivity index (χ2v) is 9.30. The van der Waals surface area contributed by atoms with E-state index in [1.807, 2.05) is 41.3 Å². The molecule has 0 fully saturated rings. The number of ether oxygens (including phenoxy) is 1. The Morgan fingerprint density at radius 1 is 1.03 bits per heavy atom. The summed E-state index contributed by atoms with van der Waals surface area (Å²) in [5, 5.41) is 0. The van der Waals surface area contributed by atoms with Crippen LogP contribution in [0.1, 0.15) is 48.9 Å². The van der Waals surface area contributed by atoms with E-state index in [1.54, 1.807) is 0 Å². The number of fused-ring (bicyclic) bond motifs is 2. The summed E-state index contributed by atoms with van der Waals surface area (Å²) < 4.78 is 6.90. The predicted molar refractivity (Wildman–Crippen MR) is 141 cm³/mol. The van der Waals surface area contributed by atoms with Gasteiger partial charge in [0.15, 0.2) is 0 Å². The zero-order valence-corrected chi connectivity index (χ0v) is 21.5. The molecule has 1 aromatic heterocycles. The number of benzene rings is 3. The molecule has 0 radical (unpaired) electrons. The number of imidazole rings is 1. The van der Waals surface area contributed by atoms with Crippen molar-refractivity contribution in [2.45, 2.75) is 40.2 Å². The molecule has 5 rings (SSSR count). The molecule has 0 saturated carbocycles. The molecule has 0 aliphatic carbocycles. The number of nitrogens with zero attached hydrogens (tertiary/aromatic N) is 2. The molecule has 0 saturated heterocycles. The van der Waals surface area contributed by atoms with E-state index >= 15 is 0 Å². The van der Waals surface area contributed by atoms with E-state index in [4.69, 9.17) is 4.74 Å². The van der Waals surface area contributed by atoms with Crippen molar-refractivity contribution in [3.05, 3.63) is 82.1 Å². The summed E-state index contributed by atoms with van der Waals surface area (Å²) in [6.45, 7) is 7.89. The molecule has 1 N–H and O–H groups in total. The number of aromatic amines is 1. The molecular formula is C28H30BrN3O2. The van der Waals surface area contributed by atoms with Crippen LogP contribution in [0.15, 0.2) is 65.1 Å². The number of aryl methyl sites for hydroxylation is 1. The van der Waals surface area contributed by atoms with Crippen LogP contribution in [0.2, 0.25) is 0 Å². The number of carbonyl (C=O) groups excluding carboxylic acids is 1. The maximum atomic E-state index is 13.0. The second kappa shape index (κ2) is 10.9. The molecule has 4 aromatic rings. The number of rotatable bonds is 3. The molecule has 34 heavy (non-hydrogen) atoms. The number of carbonyl (C=O) groups is 1. The standard InChI is InChI=1S/C25H22BrN3O2.C3H8/c1-2-24-27-21-9-5-18(14-22(21)28-24)17-6-10-23-19(13-17)15-29(11-12-31-23)25(30)16-3-7-20(26)8-4-16;1-3-2/h3-10,13-14H,2,11-12,15H2,1H3,(H,27,28);3H2,1-2H3. The van der Waals surface area contributed by atoms with E-state index < -0.39 is 0 Å². The number of hydrogen-bond acceptors (Lipinski definition) is 3. The first kappa shape index (κ1) is 24.0. The molecule has 1 aliphatic heterocycles. The van der Waals surface area contributed by atoms with Crippen molar-refractivity contribution in [2.75, 3.05) is 13.2 Å². The van der Waals surface area contributed by atoms with E-state index in [1.165, 1.54) is 6.42 Å². The number of halogens is 1. The molecule has 3 aromatic carbocycles. The van der Waals surface area contributed by atoms with Gasteiger partial charge in [-0.25, -0.2) is 4.98 Å². The first-order valence-corrected chi connectivity index (χ1v) is 12.6. The highest BCUT2D eigenvalue weighted by Gasteiger charge is 2.21. The number of amides is 1. The van der Waals surface area contributed by atoms with Gasteiger partial charge in [-0.05, 0) is 59.7 Å². The first-order valence-electron chi connectivity index (χ1n) is 11.8. The number of H-pyrrole nitrogens is 1. The Balaban J connectivity index is 0.000000868. The van der Waals surface area contributed by atoms with Gasteiger partial charge in [0.2, 0.25) is 0 Å². The highest BCUT2D eigenvalue weighted by atomic mass is 79.9. The maximum Gasteiger partial charge on any atom is 0.254 e. The van der Waals surface area contributed by atoms with Gasteiger partial charge in [0.1, 0.15) is 18.2 Å². The average Bonchev–Trinajstić information content (AvgIpc) is 3.15. The van der Waals surface area contributed by atoms with Gasteiger partial charge in [-0.2, -0.15) is 0 Å². The van der Waals surface area contributed by atoms with Crippen molar-refractivity contribution >= 4 is 32.9 Å². The van der Waals surface area contributed by atoms with Gasteiger partial charge in [0.25, 0.3) is 5.91 Å². The van der Waals surface area contributed by atoms with E-state index in [0.717, 1.165) is 50.2 Å². The Morgan fingerprint density at radius 3 is 2.47 bits per heavy atom. The van der Waals surface area contributed by atoms with E-state index in [0.29, 0.717) is 25.3 Å². The highest BCUT2D eigenvalue weighted by Crippen LogP contribution is 2.31. The Labute approximate surface area is 209 Å². The van der Waals surface area contributed by atoms with Gasteiger partial charge in [-0.15, -0.1) is 0 Å². The zero-order valence-electron chi connectivity index (χ0n) is 19.9. The minimum Gasteiger partial charge on any atom is -0.491 e. The lowest BCUT2D eigenvalue weighted by Gasteiger charge is -2.20. The maximum absolute atomic E-state index is 13.0. The van der Waals surface area contributed by atoms with Crippen molar-refractivity contribution in [1.82, 2.24) is 14.9 Å². The predicted octanol–water partition coefficient (Wildman–Crippen LogP) is 7.01. The van der Waals surface area contributed by atoms with E-state index in [2.05, 4.69) is 70.9 Å². The lowest BCUT2D eigenvalue weighted by molar-refractivity contribution is 0.0733. The fraction of sp³-hybridized carbons (Fsp3) is 0.286. The van der Waals surface area contributed by atoms with Gasteiger partial charge in [0.05, 0.1) is 17.6 Å². The molecule has 1 amide bonds. The van der Waals surface area contributed by atoms with Crippen molar-refractivity contribution in [1.29, 1.82) is 0 Å².